The minimum atomic E-state index is -0.726. The third-order valence-electron chi connectivity index (χ3n) is 3.38. The number of hydrogen-bond acceptors (Lipinski definition) is 8. The molecular weight excluding hydrogens is 340 g/mol. The van der Waals surface area contributed by atoms with Gasteiger partial charge >= 0.3 is 0 Å². The lowest BCUT2D eigenvalue weighted by Gasteiger charge is -2.12. The molecule has 0 bridgehead atoms. The number of amides is 1. The molecule has 1 amide bonds. The Labute approximate surface area is 147 Å². The number of carbonyl (C=O) groups is 1. The maximum atomic E-state index is 11.2. The van der Waals surface area contributed by atoms with Crippen molar-refractivity contribution in [1.29, 1.82) is 0 Å². The van der Waals surface area contributed by atoms with Gasteiger partial charge in [0.1, 0.15) is 5.69 Å². The molecule has 0 radical (unpaired) electrons. The van der Waals surface area contributed by atoms with Crippen molar-refractivity contribution in [3.05, 3.63) is 48.3 Å². The van der Waals surface area contributed by atoms with Crippen LogP contribution in [0.1, 0.15) is 10.5 Å². The van der Waals surface area contributed by atoms with Gasteiger partial charge in [0.05, 0.1) is 7.11 Å². The van der Waals surface area contributed by atoms with Gasteiger partial charge in [-0.15, -0.1) is 0 Å². The number of pyridine rings is 1. The van der Waals surface area contributed by atoms with Gasteiger partial charge in [0.2, 0.25) is 0 Å². The summed E-state index contributed by atoms with van der Waals surface area (Å²) >= 11 is 0. The van der Waals surface area contributed by atoms with Crippen molar-refractivity contribution in [2.75, 3.05) is 7.11 Å². The number of para-hydroxylation sites is 2. The topological polar surface area (TPSA) is 141 Å². The Hall–Kier alpha value is -3.88. The van der Waals surface area contributed by atoms with Gasteiger partial charge in [-0.1, -0.05) is 12.1 Å². The predicted molar refractivity (Wildman–Crippen MR) is 90.2 cm³/mol. The Morgan fingerprint density at radius 3 is 2.35 bits per heavy atom. The average Bonchev–Trinajstić information content (AvgIpc) is 2.65. The zero-order chi connectivity index (χ0) is 18.7. The summed E-state index contributed by atoms with van der Waals surface area (Å²) in [6.07, 6.45) is 1.34. The number of primary amides is 1. The van der Waals surface area contributed by atoms with Gasteiger partial charge in [-0.3, -0.25) is 9.78 Å². The highest BCUT2D eigenvalue weighted by Gasteiger charge is 2.19. The molecule has 2 heterocycles. The number of methoxy groups -OCH3 is 1. The van der Waals surface area contributed by atoms with Gasteiger partial charge in [0, 0.05) is 11.8 Å². The number of aromatic hydroxyl groups is 2. The first-order chi connectivity index (χ1) is 12.5. The van der Waals surface area contributed by atoms with Gasteiger partial charge in [-0.2, -0.15) is 9.97 Å². The van der Waals surface area contributed by atoms with E-state index in [1.165, 1.54) is 25.4 Å². The van der Waals surface area contributed by atoms with Gasteiger partial charge in [0.15, 0.2) is 17.3 Å². The number of rotatable bonds is 5. The molecule has 0 aliphatic carbocycles. The van der Waals surface area contributed by atoms with Crippen LogP contribution in [0.15, 0.2) is 42.6 Å². The molecular formula is C17H14N4O5. The summed E-state index contributed by atoms with van der Waals surface area (Å²) in [4.78, 5) is 22.8. The third-order valence-corrected chi connectivity index (χ3v) is 3.38. The molecule has 0 aliphatic heterocycles. The van der Waals surface area contributed by atoms with E-state index in [4.69, 9.17) is 15.2 Å². The van der Waals surface area contributed by atoms with Crippen LogP contribution in [-0.2, 0) is 0 Å². The van der Waals surface area contributed by atoms with E-state index in [9.17, 15) is 15.0 Å². The second kappa shape index (κ2) is 6.93. The van der Waals surface area contributed by atoms with Crippen LogP contribution in [-0.4, -0.2) is 38.2 Å². The Kier molecular flexibility index (Phi) is 4.52. The Morgan fingerprint density at radius 2 is 1.73 bits per heavy atom. The van der Waals surface area contributed by atoms with Crippen molar-refractivity contribution < 1.29 is 24.5 Å². The van der Waals surface area contributed by atoms with E-state index in [-0.39, 0.29) is 23.0 Å². The summed E-state index contributed by atoms with van der Waals surface area (Å²) in [6, 6.07) is 9.53. The van der Waals surface area contributed by atoms with E-state index in [0.29, 0.717) is 11.3 Å². The first-order valence-electron chi connectivity index (χ1n) is 7.36. The summed E-state index contributed by atoms with van der Waals surface area (Å²) in [7, 11) is 1.46. The van der Waals surface area contributed by atoms with Crippen LogP contribution in [0.3, 0.4) is 0 Å². The number of benzene rings is 1. The van der Waals surface area contributed by atoms with Crippen LogP contribution in [0, 0.1) is 0 Å². The molecule has 0 spiro atoms. The van der Waals surface area contributed by atoms with Crippen molar-refractivity contribution in [3.63, 3.8) is 0 Å². The molecule has 4 N–H and O–H groups in total. The first kappa shape index (κ1) is 17.0. The highest BCUT2D eigenvalue weighted by molar-refractivity contribution is 5.91. The van der Waals surface area contributed by atoms with Crippen molar-refractivity contribution in [1.82, 2.24) is 15.0 Å². The molecule has 0 fully saturated rings. The zero-order valence-electron chi connectivity index (χ0n) is 13.6. The van der Waals surface area contributed by atoms with E-state index in [1.807, 2.05) is 0 Å². The predicted octanol–water partition coefficient (Wildman–Crippen LogP) is 1.85. The van der Waals surface area contributed by atoms with Crippen LogP contribution in [0.5, 0.6) is 29.0 Å². The summed E-state index contributed by atoms with van der Waals surface area (Å²) < 4.78 is 10.6. The fourth-order valence-electron chi connectivity index (χ4n) is 2.17. The SMILES string of the molecule is COc1ccccc1Oc1c(O)nc(-c2ccnc(C(N)=O)c2)nc1O. The molecule has 26 heavy (non-hydrogen) atoms. The molecule has 132 valence electrons. The maximum Gasteiger partial charge on any atom is 0.267 e. The molecule has 0 aliphatic rings. The fourth-order valence-corrected chi connectivity index (χ4v) is 2.17. The maximum absolute atomic E-state index is 11.2. The Bertz CT molecular complexity index is 954. The monoisotopic (exact) mass is 354 g/mol. The Balaban J connectivity index is 1.99. The van der Waals surface area contributed by atoms with Crippen LogP contribution in [0.25, 0.3) is 11.4 Å². The average molecular weight is 354 g/mol. The van der Waals surface area contributed by atoms with Crippen LogP contribution >= 0.6 is 0 Å². The number of nitrogens with zero attached hydrogens (tertiary/aromatic N) is 3. The van der Waals surface area contributed by atoms with Crippen molar-refractivity contribution in [3.8, 4) is 40.4 Å². The molecule has 3 aromatic rings. The number of ether oxygens (including phenoxy) is 2. The minimum Gasteiger partial charge on any atom is -0.493 e. The number of carbonyl (C=O) groups excluding carboxylic acids is 1. The van der Waals surface area contributed by atoms with Crippen molar-refractivity contribution in [2.45, 2.75) is 0 Å². The van der Waals surface area contributed by atoms with Gasteiger partial charge in [0.25, 0.3) is 23.4 Å². The Morgan fingerprint density at radius 1 is 1.08 bits per heavy atom. The molecule has 9 nitrogen and oxygen atoms in total. The van der Waals surface area contributed by atoms with Crippen LogP contribution in [0.4, 0.5) is 0 Å². The normalized spacial score (nSPS) is 10.3. The smallest absolute Gasteiger partial charge is 0.267 e. The van der Waals surface area contributed by atoms with Crippen LogP contribution < -0.4 is 15.2 Å². The van der Waals surface area contributed by atoms with Gasteiger partial charge in [-0.25, -0.2) is 0 Å². The van der Waals surface area contributed by atoms with Gasteiger partial charge < -0.3 is 25.4 Å². The molecule has 0 saturated heterocycles. The second-order valence-corrected chi connectivity index (χ2v) is 5.07. The molecule has 9 heteroatoms. The second-order valence-electron chi connectivity index (χ2n) is 5.07. The standard InChI is InChI=1S/C17H14N4O5/c1-25-11-4-2-3-5-12(11)26-13-16(23)20-15(21-17(13)24)9-6-7-19-10(8-9)14(18)22/h2-8H,1H3,(H2,18,22)(H2,20,21,23,24). The third kappa shape index (κ3) is 3.31. The lowest BCUT2D eigenvalue weighted by Crippen LogP contribution is -2.12. The van der Waals surface area contributed by atoms with E-state index in [0.717, 1.165) is 0 Å². The molecule has 0 atom stereocenters. The first-order valence-corrected chi connectivity index (χ1v) is 7.36. The molecule has 3 rings (SSSR count). The van der Waals surface area contributed by atoms with Gasteiger partial charge in [-0.05, 0) is 24.3 Å². The molecule has 1 aromatic carbocycles. The quantitative estimate of drug-likeness (QED) is 0.630. The van der Waals surface area contributed by atoms with E-state index in [1.54, 1.807) is 24.3 Å². The molecule has 0 saturated carbocycles. The fraction of sp³-hybridized carbons (Fsp3) is 0.0588. The highest BCUT2D eigenvalue weighted by Crippen LogP contribution is 2.40. The lowest BCUT2D eigenvalue weighted by molar-refractivity contribution is 0.0995. The summed E-state index contributed by atoms with van der Waals surface area (Å²) in [5, 5.41) is 20.3. The highest BCUT2D eigenvalue weighted by atomic mass is 16.5. The summed E-state index contributed by atoms with van der Waals surface area (Å²) in [5.41, 5.74) is 5.52. The van der Waals surface area contributed by atoms with Crippen molar-refractivity contribution >= 4 is 5.91 Å². The number of nitrogens with two attached hydrogens (primary N) is 1. The minimum absolute atomic E-state index is 0.000530. The molecule has 2 aromatic heterocycles. The number of aromatic nitrogens is 3. The molecule has 0 unspecified atom stereocenters. The van der Waals surface area contributed by atoms with Crippen LogP contribution in [0.2, 0.25) is 0 Å². The number of hydrogen-bond donors (Lipinski definition) is 3. The zero-order valence-corrected chi connectivity index (χ0v) is 13.6. The van der Waals surface area contributed by atoms with E-state index < -0.39 is 17.7 Å². The van der Waals surface area contributed by atoms with Crippen molar-refractivity contribution in [2.24, 2.45) is 5.73 Å². The van der Waals surface area contributed by atoms with E-state index in [2.05, 4.69) is 15.0 Å². The largest absolute Gasteiger partial charge is 0.493 e. The van der Waals surface area contributed by atoms with E-state index >= 15 is 0 Å². The summed E-state index contributed by atoms with van der Waals surface area (Å²) in [6.45, 7) is 0. The summed E-state index contributed by atoms with van der Waals surface area (Å²) in [5.74, 6) is -1.60. The lowest BCUT2D eigenvalue weighted by atomic mass is 10.2.